The van der Waals surface area contributed by atoms with Gasteiger partial charge in [-0.25, -0.2) is 9.69 Å². The molecule has 6 nitrogen and oxygen atoms in total. The van der Waals surface area contributed by atoms with Crippen molar-refractivity contribution < 1.29 is 19.1 Å². The fourth-order valence-corrected chi connectivity index (χ4v) is 3.76. The monoisotopic (exact) mass is 520 g/mol. The number of rotatable bonds is 5. The van der Waals surface area contributed by atoms with Gasteiger partial charge in [0.25, 0.3) is 11.8 Å². The Labute approximate surface area is 208 Å². The van der Waals surface area contributed by atoms with Gasteiger partial charge < -0.3 is 10.1 Å². The Balaban J connectivity index is 1.51. The number of ether oxygens (including phenoxy) is 1. The third kappa shape index (κ3) is 4.70. The number of hydrogen-bond acceptors (Lipinski definition) is 5. The maximum absolute atomic E-state index is 12.9. The number of para-hydroxylation sites is 1. The fraction of sp³-hybridized carbons (Fsp3) is 0. The van der Waals surface area contributed by atoms with Gasteiger partial charge in [-0.05, 0) is 54.6 Å². The molecule has 0 saturated heterocycles. The number of imide groups is 1. The minimum Gasteiger partial charge on any atom is -0.421 e. The van der Waals surface area contributed by atoms with E-state index in [0.29, 0.717) is 15.7 Å². The number of carbonyl (C=O) groups excluding carboxylic acids is 3. The highest BCUT2D eigenvalue weighted by atomic mass is 35.5. The normalized spacial score (nSPS) is 13.5. The summed E-state index contributed by atoms with van der Waals surface area (Å²) in [5, 5.41) is 3.27. The molecule has 0 radical (unpaired) electrons. The van der Waals surface area contributed by atoms with Gasteiger partial charge >= 0.3 is 5.97 Å². The van der Waals surface area contributed by atoms with Crippen LogP contribution in [0, 0.1) is 0 Å². The van der Waals surface area contributed by atoms with Crippen molar-refractivity contribution in [1.29, 1.82) is 0 Å². The molecule has 4 rings (SSSR count). The van der Waals surface area contributed by atoms with Crippen molar-refractivity contribution in [2.75, 3.05) is 10.2 Å². The van der Waals surface area contributed by atoms with Crippen LogP contribution in [0.5, 0.6) is 5.75 Å². The van der Waals surface area contributed by atoms with E-state index >= 15 is 0 Å². The number of hydrogen-bond donors (Lipinski definition) is 1. The molecule has 0 bridgehead atoms. The zero-order chi connectivity index (χ0) is 23.7. The summed E-state index contributed by atoms with van der Waals surface area (Å²) in [5.41, 5.74) is 0.648. The highest BCUT2D eigenvalue weighted by Crippen LogP contribution is 2.36. The van der Waals surface area contributed by atoms with Crippen molar-refractivity contribution >= 4 is 75.6 Å². The maximum Gasteiger partial charge on any atom is 0.343 e. The van der Waals surface area contributed by atoms with Crippen molar-refractivity contribution in [2.24, 2.45) is 0 Å². The van der Waals surface area contributed by atoms with Crippen LogP contribution in [-0.2, 0) is 9.59 Å². The lowest BCUT2D eigenvalue weighted by atomic mass is 10.2. The number of nitrogens with zero attached hydrogens (tertiary/aromatic N) is 1. The van der Waals surface area contributed by atoms with E-state index in [1.807, 2.05) is 0 Å². The van der Waals surface area contributed by atoms with E-state index in [0.717, 1.165) is 4.90 Å². The number of carbonyl (C=O) groups is 3. The lowest BCUT2D eigenvalue weighted by molar-refractivity contribution is -0.120. The molecule has 2 amide bonds. The summed E-state index contributed by atoms with van der Waals surface area (Å²) in [4.78, 5) is 38.8. The summed E-state index contributed by atoms with van der Waals surface area (Å²) in [5.74, 6) is -1.82. The van der Waals surface area contributed by atoms with Crippen LogP contribution in [0.4, 0.5) is 11.4 Å². The molecule has 166 valence electrons. The van der Waals surface area contributed by atoms with Crippen molar-refractivity contribution in [3.63, 3.8) is 0 Å². The number of amides is 2. The zero-order valence-corrected chi connectivity index (χ0v) is 19.5. The lowest BCUT2D eigenvalue weighted by Crippen LogP contribution is -2.32. The molecule has 1 N–H and O–H groups in total. The van der Waals surface area contributed by atoms with Crippen molar-refractivity contribution in [1.82, 2.24) is 0 Å². The molecular weight excluding hydrogens is 510 g/mol. The van der Waals surface area contributed by atoms with Crippen molar-refractivity contribution in [3.05, 3.63) is 98.1 Å². The van der Waals surface area contributed by atoms with Crippen molar-refractivity contribution in [3.8, 4) is 5.75 Å². The molecule has 33 heavy (non-hydrogen) atoms. The van der Waals surface area contributed by atoms with Gasteiger partial charge in [0.1, 0.15) is 16.5 Å². The van der Waals surface area contributed by atoms with E-state index in [-0.39, 0.29) is 32.8 Å². The van der Waals surface area contributed by atoms with Gasteiger partial charge in [0.05, 0.1) is 21.3 Å². The average Bonchev–Trinajstić information content (AvgIpc) is 3.00. The number of halogens is 4. The fourth-order valence-electron chi connectivity index (χ4n) is 3.01. The minimum absolute atomic E-state index is 0.117. The van der Waals surface area contributed by atoms with E-state index in [2.05, 4.69) is 5.32 Å². The Kier molecular flexibility index (Phi) is 6.63. The second kappa shape index (κ2) is 9.45. The van der Waals surface area contributed by atoms with E-state index in [1.165, 1.54) is 42.5 Å². The van der Waals surface area contributed by atoms with Gasteiger partial charge in [-0.2, -0.15) is 0 Å². The van der Waals surface area contributed by atoms with E-state index in [4.69, 9.17) is 51.1 Å². The number of nitrogens with one attached hydrogen (secondary N) is 1. The molecule has 0 aromatic heterocycles. The molecule has 1 aliphatic rings. The molecule has 10 heteroatoms. The number of esters is 1. The molecule has 3 aromatic carbocycles. The minimum atomic E-state index is -0.742. The van der Waals surface area contributed by atoms with Crippen LogP contribution in [0.25, 0.3) is 0 Å². The lowest BCUT2D eigenvalue weighted by Gasteiger charge is -2.17. The molecule has 0 atom stereocenters. The molecule has 1 aliphatic heterocycles. The Morgan fingerprint density at radius 1 is 0.818 bits per heavy atom. The quantitative estimate of drug-likeness (QED) is 0.242. The van der Waals surface area contributed by atoms with Crippen LogP contribution >= 0.6 is 46.4 Å². The highest BCUT2D eigenvalue weighted by molar-refractivity contribution is 6.54. The van der Waals surface area contributed by atoms with Crippen LogP contribution in [0.15, 0.2) is 77.5 Å². The van der Waals surface area contributed by atoms with Crippen LogP contribution in [0.1, 0.15) is 10.4 Å². The first kappa shape index (κ1) is 23.1. The van der Waals surface area contributed by atoms with Gasteiger partial charge in [-0.1, -0.05) is 58.5 Å². The second-order valence-corrected chi connectivity index (χ2v) is 8.38. The van der Waals surface area contributed by atoms with E-state index in [9.17, 15) is 14.4 Å². The third-order valence-electron chi connectivity index (χ3n) is 4.61. The summed E-state index contributed by atoms with van der Waals surface area (Å²) < 4.78 is 5.29. The van der Waals surface area contributed by atoms with E-state index in [1.54, 1.807) is 24.3 Å². The van der Waals surface area contributed by atoms with Gasteiger partial charge in [-0.15, -0.1) is 0 Å². The van der Waals surface area contributed by atoms with Gasteiger partial charge in [0.15, 0.2) is 0 Å². The van der Waals surface area contributed by atoms with Crippen LogP contribution in [0.3, 0.4) is 0 Å². The summed E-state index contributed by atoms with van der Waals surface area (Å²) in [6.45, 7) is 0. The first-order chi connectivity index (χ1) is 15.8. The summed E-state index contributed by atoms with van der Waals surface area (Å²) in [7, 11) is 0. The summed E-state index contributed by atoms with van der Waals surface area (Å²) in [6, 6.07) is 17.0. The largest absolute Gasteiger partial charge is 0.421 e. The van der Waals surface area contributed by atoms with Gasteiger partial charge in [-0.3, -0.25) is 9.59 Å². The molecule has 0 unspecified atom stereocenters. The van der Waals surface area contributed by atoms with Gasteiger partial charge in [0, 0.05) is 10.7 Å². The Hall–Kier alpha value is -3.03. The molecular formula is C23H12Cl4N2O4. The molecule has 0 aliphatic carbocycles. The summed E-state index contributed by atoms with van der Waals surface area (Å²) >= 11 is 24.3. The van der Waals surface area contributed by atoms with E-state index < -0.39 is 17.8 Å². The Morgan fingerprint density at radius 2 is 1.52 bits per heavy atom. The van der Waals surface area contributed by atoms with Gasteiger partial charge in [0.2, 0.25) is 0 Å². The first-order valence-corrected chi connectivity index (χ1v) is 10.8. The van der Waals surface area contributed by atoms with Crippen LogP contribution in [-0.4, -0.2) is 17.8 Å². The standard InChI is InChI=1S/C23H12Cl4N2O4/c24-13-7-10-15(25)17(11-13)29-21(30)19(27)20(22(29)31)28-14-8-5-12(6-9-14)23(32)33-18-4-2-1-3-16(18)26/h1-11,28H. The summed E-state index contributed by atoms with van der Waals surface area (Å²) in [6.07, 6.45) is 0. The first-order valence-electron chi connectivity index (χ1n) is 9.33. The van der Waals surface area contributed by atoms with Crippen LogP contribution in [0.2, 0.25) is 15.1 Å². The predicted molar refractivity (Wildman–Crippen MR) is 128 cm³/mol. The molecule has 0 spiro atoms. The third-order valence-corrected chi connectivity index (χ3v) is 5.82. The SMILES string of the molecule is O=C(Oc1ccccc1Cl)c1ccc(NC2=C(Cl)C(=O)N(c3cc(Cl)ccc3Cl)C2=O)cc1. The predicted octanol–water partition coefficient (Wildman–Crippen LogP) is 6.30. The molecule has 1 heterocycles. The van der Waals surface area contributed by atoms with Crippen LogP contribution < -0.4 is 15.0 Å². The average molecular weight is 522 g/mol. The van der Waals surface area contributed by atoms with Crippen molar-refractivity contribution in [2.45, 2.75) is 0 Å². The maximum atomic E-state index is 12.9. The zero-order valence-electron chi connectivity index (χ0n) is 16.4. The number of anilines is 2. The molecule has 3 aromatic rings. The topological polar surface area (TPSA) is 75.7 Å². The number of benzene rings is 3. The molecule has 0 fully saturated rings. The smallest absolute Gasteiger partial charge is 0.343 e. The highest BCUT2D eigenvalue weighted by Gasteiger charge is 2.40. The molecule has 0 saturated carbocycles. The second-order valence-electron chi connectivity index (χ2n) is 6.75. The Morgan fingerprint density at radius 3 is 2.21 bits per heavy atom. The Bertz CT molecular complexity index is 1320.